The van der Waals surface area contributed by atoms with Gasteiger partial charge in [0.15, 0.2) is 5.82 Å². The van der Waals surface area contributed by atoms with Crippen molar-refractivity contribution in [2.45, 2.75) is 20.8 Å². The number of allylic oxidation sites excluding steroid dienone is 1. The van der Waals surface area contributed by atoms with Gasteiger partial charge in [-0.05, 0) is 50.1 Å². The number of carbonyl (C=O) groups excluding carboxylic acids is 1. The number of nitrogens with one attached hydrogen (secondary N) is 1. The van der Waals surface area contributed by atoms with Crippen molar-refractivity contribution in [2.24, 2.45) is 0 Å². The third kappa shape index (κ3) is 4.07. The van der Waals surface area contributed by atoms with Gasteiger partial charge in [0.1, 0.15) is 23.4 Å². The van der Waals surface area contributed by atoms with Gasteiger partial charge in [-0.25, -0.2) is 4.39 Å². The predicted octanol–water partition coefficient (Wildman–Crippen LogP) is 5.98. The zero-order chi connectivity index (χ0) is 22.0. The molecule has 6 nitrogen and oxygen atoms in total. The number of furan rings is 1. The number of carbonyl (C=O) groups is 1. The zero-order valence-corrected chi connectivity index (χ0v) is 17.4. The fourth-order valence-electron chi connectivity index (χ4n) is 3.51. The van der Waals surface area contributed by atoms with Crippen molar-refractivity contribution >= 4 is 28.3 Å². The van der Waals surface area contributed by atoms with E-state index >= 15 is 0 Å². The molecular weight excluding hydrogens is 399 g/mol. The summed E-state index contributed by atoms with van der Waals surface area (Å²) in [6.07, 6.45) is 4.52. The number of ether oxygens (including phenoxy) is 1. The number of hydrogen-bond donors (Lipinski definition) is 1. The smallest absolute Gasteiger partial charge is 0.249 e. The highest BCUT2D eigenvalue weighted by atomic mass is 19.1. The van der Waals surface area contributed by atoms with Crippen LogP contribution in [0.15, 0.2) is 63.9 Å². The number of benzene rings is 2. The van der Waals surface area contributed by atoms with E-state index in [1.807, 2.05) is 26.8 Å². The summed E-state index contributed by atoms with van der Waals surface area (Å²) in [5.41, 5.74) is 4.66. The molecule has 0 atom stereocenters. The monoisotopic (exact) mass is 420 g/mol. The highest BCUT2D eigenvalue weighted by Crippen LogP contribution is 2.40. The van der Waals surface area contributed by atoms with Crippen molar-refractivity contribution in [1.82, 2.24) is 5.16 Å². The highest BCUT2D eigenvalue weighted by molar-refractivity contribution is 6.05. The van der Waals surface area contributed by atoms with E-state index in [0.717, 1.165) is 27.6 Å². The molecule has 158 valence electrons. The molecule has 2 aromatic heterocycles. The van der Waals surface area contributed by atoms with E-state index in [1.165, 1.54) is 24.5 Å². The van der Waals surface area contributed by atoms with Gasteiger partial charge in [-0.3, -0.25) is 4.79 Å². The molecule has 0 saturated heterocycles. The number of fused-ring (bicyclic) bond motifs is 1. The van der Waals surface area contributed by atoms with Crippen LogP contribution in [0.25, 0.3) is 27.7 Å². The van der Waals surface area contributed by atoms with Crippen LogP contribution in [-0.4, -0.2) is 17.7 Å². The maximum absolute atomic E-state index is 13.4. The second kappa shape index (κ2) is 8.47. The lowest BCUT2D eigenvalue weighted by Gasteiger charge is -2.15. The number of aromatic nitrogens is 1. The summed E-state index contributed by atoms with van der Waals surface area (Å²) >= 11 is 0. The van der Waals surface area contributed by atoms with Crippen molar-refractivity contribution in [2.75, 3.05) is 11.9 Å². The number of hydrogen-bond acceptors (Lipinski definition) is 5. The fraction of sp³-hybridized carbons (Fsp3) is 0.167. The quantitative estimate of drug-likeness (QED) is 0.389. The van der Waals surface area contributed by atoms with Crippen LogP contribution >= 0.6 is 0 Å². The van der Waals surface area contributed by atoms with Gasteiger partial charge in [0.25, 0.3) is 0 Å². The Morgan fingerprint density at radius 2 is 2.03 bits per heavy atom. The fourth-order valence-corrected chi connectivity index (χ4v) is 3.51. The van der Waals surface area contributed by atoms with Crippen LogP contribution in [-0.2, 0) is 4.79 Å². The van der Waals surface area contributed by atoms with Gasteiger partial charge < -0.3 is 19.0 Å². The van der Waals surface area contributed by atoms with E-state index in [-0.39, 0.29) is 11.7 Å². The Hall–Kier alpha value is -3.87. The number of halogens is 1. The topological polar surface area (TPSA) is 77.5 Å². The van der Waals surface area contributed by atoms with Gasteiger partial charge in [0.2, 0.25) is 5.91 Å². The molecule has 0 saturated carbocycles. The second-order valence-corrected chi connectivity index (χ2v) is 7.05. The zero-order valence-electron chi connectivity index (χ0n) is 17.4. The van der Waals surface area contributed by atoms with Crippen LogP contribution in [0.1, 0.15) is 25.0 Å². The number of anilines is 1. The summed E-state index contributed by atoms with van der Waals surface area (Å²) in [5, 5.41) is 7.18. The summed E-state index contributed by atoms with van der Waals surface area (Å²) in [7, 11) is 0. The molecule has 0 aliphatic rings. The van der Waals surface area contributed by atoms with Crippen molar-refractivity contribution in [1.29, 1.82) is 0 Å². The van der Waals surface area contributed by atoms with E-state index < -0.39 is 0 Å². The average molecular weight is 420 g/mol. The lowest BCUT2D eigenvalue weighted by molar-refractivity contribution is -0.111. The Balaban J connectivity index is 1.81. The molecule has 0 spiro atoms. The molecule has 0 fully saturated rings. The molecule has 0 radical (unpaired) electrons. The lowest BCUT2D eigenvalue weighted by atomic mass is 9.96. The molecule has 1 N–H and O–H groups in total. The molecule has 0 aliphatic carbocycles. The first kappa shape index (κ1) is 20.4. The van der Waals surface area contributed by atoms with E-state index in [9.17, 15) is 9.18 Å². The minimum atomic E-state index is -0.336. The Morgan fingerprint density at radius 1 is 1.26 bits per heavy atom. The van der Waals surface area contributed by atoms with Gasteiger partial charge in [0, 0.05) is 34.2 Å². The number of rotatable bonds is 6. The number of aryl methyl sites for hydroxylation is 1. The predicted molar refractivity (Wildman–Crippen MR) is 116 cm³/mol. The average Bonchev–Trinajstić information content (AvgIpc) is 3.40. The van der Waals surface area contributed by atoms with Crippen LogP contribution in [0, 0.1) is 12.7 Å². The van der Waals surface area contributed by atoms with Gasteiger partial charge in [-0.15, -0.1) is 0 Å². The first-order valence-electron chi connectivity index (χ1n) is 9.81. The SMILES string of the molecule is CCOc1c(/C(C)=C/C(=O)Nc2ccon2)cc2c(-c3ccc(F)cc3)coc2c1C. The third-order valence-corrected chi connectivity index (χ3v) is 4.95. The molecular formula is C24H21FN2O4. The largest absolute Gasteiger partial charge is 0.493 e. The van der Waals surface area contributed by atoms with Crippen LogP contribution < -0.4 is 10.1 Å². The van der Waals surface area contributed by atoms with Crippen LogP contribution in [0.4, 0.5) is 10.2 Å². The minimum absolute atomic E-state index is 0.302. The summed E-state index contributed by atoms with van der Waals surface area (Å²) in [5.74, 6) is 0.346. The summed E-state index contributed by atoms with van der Waals surface area (Å²) < 4.78 is 29.9. The Bertz CT molecular complexity index is 1260. The first-order valence-corrected chi connectivity index (χ1v) is 9.81. The van der Waals surface area contributed by atoms with E-state index in [1.54, 1.807) is 24.5 Å². The Morgan fingerprint density at radius 3 is 2.71 bits per heavy atom. The molecule has 7 heteroatoms. The van der Waals surface area contributed by atoms with Gasteiger partial charge in [-0.2, -0.15) is 0 Å². The van der Waals surface area contributed by atoms with Crippen LogP contribution in [0.2, 0.25) is 0 Å². The van der Waals surface area contributed by atoms with Crippen molar-refractivity contribution in [3.63, 3.8) is 0 Å². The molecule has 2 aromatic carbocycles. The molecule has 31 heavy (non-hydrogen) atoms. The molecule has 0 bridgehead atoms. The van der Waals surface area contributed by atoms with Gasteiger partial charge in [-0.1, -0.05) is 17.3 Å². The van der Waals surface area contributed by atoms with Gasteiger partial charge in [0.05, 0.1) is 12.9 Å². The van der Waals surface area contributed by atoms with E-state index in [4.69, 9.17) is 13.7 Å². The minimum Gasteiger partial charge on any atom is -0.493 e. The summed E-state index contributed by atoms with van der Waals surface area (Å²) in [4.78, 5) is 12.4. The summed E-state index contributed by atoms with van der Waals surface area (Å²) in [6, 6.07) is 9.73. The third-order valence-electron chi connectivity index (χ3n) is 4.95. The second-order valence-electron chi connectivity index (χ2n) is 7.05. The molecule has 0 aliphatic heterocycles. The van der Waals surface area contributed by atoms with E-state index in [2.05, 4.69) is 10.5 Å². The standard InChI is InChI=1S/C24H21FN2O4/c1-4-29-23-15(3)24-19(20(13-30-24)16-5-7-17(25)8-6-16)12-18(23)14(2)11-22(28)26-21-9-10-31-27-21/h5-13H,4H2,1-3H3,(H,26,27,28)/b14-11+. The Labute approximate surface area is 178 Å². The maximum Gasteiger partial charge on any atom is 0.249 e. The van der Waals surface area contributed by atoms with Crippen LogP contribution in [0.5, 0.6) is 5.75 Å². The maximum atomic E-state index is 13.4. The number of nitrogens with zero attached hydrogens (tertiary/aromatic N) is 1. The van der Waals surface area contributed by atoms with E-state index in [0.29, 0.717) is 29.3 Å². The molecule has 2 heterocycles. The van der Waals surface area contributed by atoms with Crippen LogP contribution in [0.3, 0.4) is 0 Å². The molecule has 4 rings (SSSR count). The first-order chi connectivity index (χ1) is 15.0. The normalized spacial score (nSPS) is 11.7. The van der Waals surface area contributed by atoms with Crippen molar-refractivity contribution in [3.05, 3.63) is 71.9 Å². The summed E-state index contributed by atoms with van der Waals surface area (Å²) in [6.45, 7) is 6.11. The lowest BCUT2D eigenvalue weighted by Crippen LogP contribution is -2.09. The van der Waals surface area contributed by atoms with Crippen molar-refractivity contribution < 1.29 is 22.9 Å². The highest BCUT2D eigenvalue weighted by Gasteiger charge is 2.19. The molecule has 1 amide bonds. The molecule has 0 unspecified atom stereocenters. The Kier molecular flexibility index (Phi) is 5.58. The number of amides is 1. The molecule has 4 aromatic rings. The van der Waals surface area contributed by atoms with Gasteiger partial charge >= 0.3 is 0 Å². The van der Waals surface area contributed by atoms with Crippen molar-refractivity contribution in [3.8, 4) is 16.9 Å².